The van der Waals surface area contributed by atoms with Gasteiger partial charge >= 0.3 is 0 Å². The molecule has 0 spiro atoms. The van der Waals surface area contributed by atoms with Crippen LogP contribution in [0.3, 0.4) is 0 Å². The fourth-order valence-corrected chi connectivity index (χ4v) is 2.51. The number of nitrogens with one attached hydrogen (secondary N) is 1. The number of hydrogen-bond acceptors (Lipinski definition) is 4. The first kappa shape index (κ1) is 15.8. The number of amides is 1. The Hall–Kier alpha value is -2.11. The monoisotopic (exact) mass is 332 g/mol. The summed E-state index contributed by atoms with van der Waals surface area (Å²) >= 11 is 6.08. The molecule has 1 aromatic heterocycles. The third-order valence-corrected chi connectivity index (χ3v) is 3.94. The second kappa shape index (κ2) is 7.44. The van der Waals surface area contributed by atoms with Gasteiger partial charge < -0.3 is 14.8 Å². The summed E-state index contributed by atoms with van der Waals surface area (Å²) in [6.45, 7) is 1.63. The molecule has 2 aromatic rings. The highest BCUT2D eigenvalue weighted by atomic mass is 35.5. The molecule has 120 valence electrons. The van der Waals surface area contributed by atoms with E-state index in [9.17, 15) is 4.79 Å². The van der Waals surface area contributed by atoms with Crippen LogP contribution >= 0.6 is 11.6 Å². The summed E-state index contributed by atoms with van der Waals surface area (Å²) in [4.78, 5) is 16.4. The van der Waals surface area contributed by atoms with Crippen LogP contribution in [0.2, 0.25) is 5.02 Å². The molecule has 1 unspecified atom stereocenters. The summed E-state index contributed by atoms with van der Waals surface area (Å²) in [5.74, 6) is 0.241. The minimum absolute atomic E-state index is 0.00364. The maximum absolute atomic E-state index is 12.3. The van der Waals surface area contributed by atoms with Gasteiger partial charge in [0.1, 0.15) is 6.10 Å². The maximum atomic E-state index is 12.3. The van der Waals surface area contributed by atoms with E-state index in [0.29, 0.717) is 36.2 Å². The molecule has 1 N–H and O–H groups in total. The Labute approximate surface area is 139 Å². The van der Waals surface area contributed by atoms with Crippen molar-refractivity contribution in [2.24, 2.45) is 0 Å². The molecule has 2 heterocycles. The van der Waals surface area contributed by atoms with Crippen LogP contribution in [0, 0.1) is 0 Å². The highest BCUT2D eigenvalue weighted by molar-refractivity contribution is 6.31. The predicted octanol–water partition coefficient (Wildman–Crippen LogP) is 2.83. The normalized spacial score (nSPS) is 17.0. The van der Waals surface area contributed by atoms with E-state index in [1.807, 2.05) is 18.2 Å². The number of halogens is 1. The van der Waals surface area contributed by atoms with Gasteiger partial charge in [0.15, 0.2) is 0 Å². The number of nitrogens with zero attached hydrogens (tertiary/aromatic N) is 1. The molecule has 3 rings (SSSR count). The van der Waals surface area contributed by atoms with Crippen molar-refractivity contribution in [2.75, 3.05) is 13.2 Å². The molecule has 1 atom stereocenters. The van der Waals surface area contributed by atoms with Gasteiger partial charge in [-0.1, -0.05) is 29.8 Å². The molecule has 0 radical (unpaired) electrons. The van der Waals surface area contributed by atoms with Gasteiger partial charge in [-0.3, -0.25) is 4.79 Å². The van der Waals surface area contributed by atoms with Gasteiger partial charge in [-0.15, -0.1) is 0 Å². The van der Waals surface area contributed by atoms with E-state index in [1.165, 1.54) is 0 Å². The topological polar surface area (TPSA) is 60.5 Å². The summed E-state index contributed by atoms with van der Waals surface area (Å²) in [6.07, 6.45) is 2.41. The van der Waals surface area contributed by atoms with E-state index in [1.54, 1.807) is 24.4 Å². The first-order valence-corrected chi connectivity index (χ1v) is 7.82. The molecule has 0 saturated carbocycles. The Morgan fingerprint density at radius 1 is 1.39 bits per heavy atom. The largest absolute Gasteiger partial charge is 0.472 e. The molecule has 0 aliphatic carbocycles. The second-order valence-electron chi connectivity index (χ2n) is 5.26. The first-order valence-electron chi connectivity index (χ1n) is 7.44. The Balaban J connectivity index is 1.61. The van der Waals surface area contributed by atoms with Crippen molar-refractivity contribution in [1.29, 1.82) is 0 Å². The van der Waals surface area contributed by atoms with Crippen LogP contribution in [0.1, 0.15) is 22.3 Å². The molecule has 1 saturated heterocycles. The van der Waals surface area contributed by atoms with Crippen molar-refractivity contribution in [3.63, 3.8) is 0 Å². The van der Waals surface area contributed by atoms with Crippen LogP contribution in [0.25, 0.3) is 0 Å². The van der Waals surface area contributed by atoms with E-state index in [2.05, 4.69) is 10.3 Å². The molecule has 1 aliphatic rings. The lowest BCUT2D eigenvalue weighted by Crippen LogP contribution is -2.23. The van der Waals surface area contributed by atoms with Crippen molar-refractivity contribution in [3.8, 4) is 5.88 Å². The van der Waals surface area contributed by atoms with Gasteiger partial charge in [0.2, 0.25) is 5.88 Å². The first-order chi connectivity index (χ1) is 11.2. The highest BCUT2D eigenvalue weighted by Gasteiger charge is 2.18. The predicted molar refractivity (Wildman–Crippen MR) is 86.7 cm³/mol. The van der Waals surface area contributed by atoms with Crippen molar-refractivity contribution in [1.82, 2.24) is 10.3 Å². The van der Waals surface area contributed by atoms with Crippen LogP contribution in [-0.4, -0.2) is 30.2 Å². The van der Waals surface area contributed by atoms with Gasteiger partial charge in [0, 0.05) is 35.8 Å². The van der Waals surface area contributed by atoms with Gasteiger partial charge in [0.05, 0.1) is 13.2 Å². The zero-order chi connectivity index (χ0) is 16.1. The summed E-state index contributed by atoms with van der Waals surface area (Å²) < 4.78 is 11.0. The van der Waals surface area contributed by atoms with E-state index in [-0.39, 0.29) is 12.0 Å². The number of carbonyl (C=O) groups is 1. The Morgan fingerprint density at radius 3 is 3.04 bits per heavy atom. The molecule has 1 fully saturated rings. The summed E-state index contributed by atoms with van der Waals surface area (Å²) in [6, 6.07) is 10.7. The van der Waals surface area contributed by atoms with Gasteiger partial charge in [-0.25, -0.2) is 4.98 Å². The van der Waals surface area contributed by atoms with Crippen molar-refractivity contribution >= 4 is 17.5 Å². The van der Waals surface area contributed by atoms with Crippen LogP contribution < -0.4 is 10.1 Å². The standard InChI is InChI=1S/C17H17ClN2O3/c18-15-4-2-1-3-13(15)10-20-17(21)12-5-7-19-16(9-12)23-14-6-8-22-11-14/h1-5,7,9,14H,6,8,10-11H2,(H,20,21). The summed E-state index contributed by atoms with van der Waals surface area (Å²) in [5.41, 5.74) is 1.37. The number of pyridine rings is 1. The lowest BCUT2D eigenvalue weighted by molar-refractivity contribution is 0.0949. The average molecular weight is 333 g/mol. The number of benzene rings is 1. The van der Waals surface area contributed by atoms with Crippen molar-refractivity contribution in [3.05, 3.63) is 58.7 Å². The Bertz CT molecular complexity index is 687. The lowest BCUT2D eigenvalue weighted by Gasteiger charge is -2.12. The third-order valence-electron chi connectivity index (χ3n) is 3.57. The maximum Gasteiger partial charge on any atom is 0.251 e. The minimum atomic E-state index is -0.195. The fourth-order valence-electron chi connectivity index (χ4n) is 2.31. The summed E-state index contributed by atoms with van der Waals surface area (Å²) in [5, 5.41) is 3.48. The second-order valence-corrected chi connectivity index (χ2v) is 5.67. The van der Waals surface area contributed by atoms with Gasteiger partial charge in [-0.05, 0) is 17.7 Å². The van der Waals surface area contributed by atoms with E-state index >= 15 is 0 Å². The van der Waals surface area contributed by atoms with Gasteiger partial charge in [0.25, 0.3) is 5.91 Å². The van der Waals surface area contributed by atoms with Crippen LogP contribution in [0.5, 0.6) is 5.88 Å². The molecule has 23 heavy (non-hydrogen) atoms. The van der Waals surface area contributed by atoms with E-state index < -0.39 is 0 Å². The Kier molecular flexibility index (Phi) is 5.10. The van der Waals surface area contributed by atoms with Crippen molar-refractivity contribution in [2.45, 2.75) is 19.1 Å². The number of ether oxygens (including phenoxy) is 2. The quantitative estimate of drug-likeness (QED) is 0.914. The van der Waals surface area contributed by atoms with E-state index in [4.69, 9.17) is 21.1 Å². The van der Waals surface area contributed by atoms with Gasteiger partial charge in [-0.2, -0.15) is 0 Å². The van der Waals surface area contributed by atoms with Crippen LogP contribution in [-0.2, 0) is 11.3 Å². The molecule has 0 bridgehead atoms. The minimum Gasteiger partial charge on any atom is -0.472 e. The molecule has 1 aromatic carbocycles. The Morgan fingerprint density at radius 2 is 2.26 bits per heavy atom. The zero-order valence-corrected chi connectivity index (χ0v) is 13.3. The molecular weight excluding hydrogens is 316 g/mol. The molecule has 6 heteroatoms. The third kappa shape index (κ3) is 4.21. The van der Waals surface area contributed by atoms with Crippen LogP contribution in [0.15, 0.2) is 42.6 Å². The molecule has 5 nitrogen and oxygen atoms in total. The molecule has 1 aliphatic heterocycles. The number of rotatable bonds is 5. The number of carbonyl (C=O) groups excluding carboxylic acids is 1. The number of hydrogen-bond donors (Lipinski definition) is 1. The number of aromatic nitrogens is 1. The lowest BCUT2D eigenvalue weighted by atomic mass is 10.2. The SMILES string of the molecule is O=C(NCc1ccccc1Cl)c1ccnc(OC2CCOC2)c1. The van der Waals surface area contributed by atoms with Crippen molar-refractivity contribution < 1.29 is 14.3 Å². The van der Waals surface area contributed by atoms with E-state index in [0.717, 1.165) is 12.0 Å². The van der Waals surface area contributed by atoms with Crippen LogP contribution in [0.4, 0.5) is 0 Å². The smallest absolute Gasteiger partial charge is 0.251 e. The average Bonchev–Trinajstić information content (AvgIpc) is 3.07. The summed E-state index contributed by atoms with van der Waals surface area (Å²) in [7, 11) is 0. The zero-order valence-electron chi connectivity index (χ0n) is 12.5. The fraction of sp³-hybridized carbons (Fsp3) is 0.294. The highest BCUT2D eigenvalue weighted by Crippen LogP contribution is 2.17. The molecule has 1 amide bonds. The molecular formula is C17H17ClN2O3.